The molecule has 1 N–H and O–H groups in total. The maximum absolute atomic E-state index is 13.2. The van der Waals surface area contributed by atoms with E-state index in [9.17, 15) is 20.0 Å². The highest BCUT2D eigenvalue weighted by molar-refractivity contribution is 5.99. The van der Waals surface area contributed by atoms with Gasteiger partial charge in [-0.1, -0.05) is 18.2 Å². The molecule has 0 saturated heterocycles. The van der Waals surface area contributed by atoms with E-state index in [2.05, 4.69) is 0 Å². The number of amides is 1. The first-order chi connectivity index (χ1) is 13.8. The summed E-state index contributed by atoms with van der Waals surface area (Å²) in [5.41, 5.74) is 1.63. The lowest BCUT2D eigenvalue weighted by Gasteiger charge is -2.26. The van der Waals surface area contributed by atoms with E-state index in [-0.39, 0.29) is 12.1 Å². The fourth-order valence-corrected chi connectivity index (χ4v) is 3.66. The van der Waals surface area contributed by atoms with Crippen molar-refractivity contribution in [3.05, 3.63) is 63.7 Å². The van der Waals surface area contributed by atoms with Crippen molar-refractivity contribution >= 4 is 17.3 Å². The number of likely N-dealkylation sites (N-methyl/N-ethyl adjacent to an activating group) is 1. The lowest BCUT2D eigenvalue weighted by Crippen LogP contribution is -2.43. The number of nitro groups is 1. The largest absolute Gasteiger partial charge is 0.497 e. The topological polar surface area (TPSA) is 96.2 Å². The molecule has 154 valence electrons. The summed E-state index contributed by atoms with van der Waals surface area (Å²) in [5.74, 6) is -0.397. The van der Waals surface area contributed by atoms with Crippen molar-refractivity contribution in [2.45, 2.75) is 18.4 Å². The first-order valence-electron chi connectivity index (χ1n) is 9.38. The number of fused-ring (bicyclic) bond motifs is 1. The molecule has 0 fully saturated rings. The molecule has 2 aromatic carbocycles. The van der Waals surface area contributed by atoms with Crippen LogP contribution in [0.15, 0.2) is 42.5 Å². The minimum absolute atomic E-state index is 0.0437. The predicted molar refractivity (Wildman–Crippen MR) is 109 cm³/mol. The fourth-order valence-electron chi connectivity index (χ4n) is 3.66. The average Bonchev–Trinajstić information content (AvgIpc) is 2.81. The summed E-state index contributed by atoms with van der Waals surface area (Å²) in [6, 6.07) is 11.8. The van der Waals surface area contributed by atoms with Crippen molar-refractivity contribution < 1.29 is 19.6 Å². The molecule has 1 heterocycles. The van der Waals surface area contributed by atoms with Crippen LogP contribution in [0.3, 0.4) is 0 Å². The van der Waals surface area contributed by atoms with Gasteiger partial charge >= 0.3 is 0 Å². The third kappa shape index (κ3) is 4.23. The number of carbonyl (C=O) groups is 1. The third-order valence-corrected chi connectivity index (χ3v) is 5.25. The molecule has 1 aliphatic rings. The van der Waals surface area contributed by atoms with Crippen LogP contribution in [0.5, 0.6) is 5.75 Å². The number of aliphatic hydroxyl groups is 1. The molecule has 1 aliphatic heterocycles. The van der Waals surface area contributed by atoms with Crippen LogP contribution < -0.4 is 9.64 Å². The second kappa shape index (κ2) is 8.59. The van der Waals surface area contributed by atoms with Gasteiger partial charge in [-0.05, 0) is 44.3 Å². The SMILES string of the molecule is COc1ccc([C@@H]2Cc3c(cccc3[N+](=O)[O-])N(CCN(C)C)C(=O)[C@@H]2O)cc1. The zero-order valence-electron chi connectivity index (χ0n) is 16.7. The smallest absolute Gasteiger partial charge is 0.274 e. The minimum atomic E-state index is -1.31. The maximum Gasteiger partial charge on any atom is 0.274 e. The van der Waals surface area contributed by atoms with E-state index in [1.54, 1.807) is 43.5 Å². The Labute approximate surface area is 169 Å². The number of benzene rings is 2. The van der Waals surface area contributed by atoms with Crippen molar-refractivity contribution in [3.63, 3.8) is 0 Å². The Hall–Kier alpha value is -2.97. The molecule has 1 amide bonds. The quantitative estimate of drug-likeness (QED) is 0.591. The zero-order valence-corrected chi connectivity index (χ0v) is 16.7. The van der Waals surface area contributed by atoms with Gasteiger partial charge in [-0.3, -0.25) is 14.9 Å². The van der Waals surface area contributed by atoms with Gasteiger partial charge < -0.3 is 19.6 Å². The van der Waals surface area contributed by atoms with Crippen LogP contribution in [0.1, 0.15) is 17.0 Å². The molecule has 2 aromatic rings. The summed E-state index contributed by atoms with van der Waals surface area (Å²) >= 11 is 0. The van der Waals surface area contributed by atoms with Gasteiger partial charge in [0.1, 0.15) is 11.9 Å². The van der Waals surface area contributed by atoms with E-state index in [4.69, 9.17) is 4.74 Å². The molecular weight excluding hydrogens is 374 g/mol. The number of hydrogen-bond acceptors (Lipinski definition) is 6. The molecule has 8 nitrogen and oxygen atoms in total. The number of methoxy groups -OCH3 is 1. The van der Waals surface area contributed by atoms with Gasteiger partial charge in [0, 0.05) is 25.1 Å². The summed E-state index contributed by atoms with van der Waals surface area (Å²) in [7, 11) is 5.32. The van der Waals surface area contributed by atoms with Crippen molar-refractivity contribution in [3.8, 4) is 5.75 Å². The highest BCUT2D eigenvalue weighted by atomic mass is 16.6. The zero-order chi connectivity index (χ0) is 21.1. The molecule has 0 radical (unpaired) electrons. The second-order valence-electron chi connectivity index (χ2n) is 7.35. The van der Waals surface area contributed by atoms with Crippen LogP contribution in [-0.2, 0) is 11.2 Å². The fraction of sp³-hybridized carbons (Fsp3) is 0.381. The van der Waals surface area contributed by atoms with E-state index in [1.807, 2.05) is 19.0 Å². The molecule has 0 saturated carbocycles. The molecule has 0 bridgehead atoms. The number of rotatable bonds is 6. The van der Waals surface area contributed by atoms with E-state index in [0.717, 1.165) is 5.56 Å². The number of anilines is 1. The van der Waals surface area contributed by atoms with Crippen LogP contribution in [-0.4, -0.2) is 61.2 Å². The Kier molecular flexibility index (Phi) is 6.14. The van der Waals surface area contributed by atoms with Crippen LogP contribution in [0.25, 0.3) is 0 Å². The van der Waals surface area contributed by atoms with Crippen molar-refractivity contribution in [2.75, 3.05) is 39.2 Å². The number of ether oxygens (including phenoxy) is 1. The van der Waals surface area contributed by atoms with Crippen LogP contribution in [0.2, 0.25) is 0 Å². The highest BCUT2D eigenvalue weighted by Gasteiger charge is 2.39. The van der Waals surface area contributed by atoms with Crippen LogP contribution in [0, 0.1) is 10.1 Å². The minimum Gasteiger partial charge on any atom is -0.497 e. The van der Waals surface area contributed by atoms with Crippen molar-refractivity contribution in [2.24, 2.45) is 0 Å². The summed E-state index contributed by atoms with van der Waals surface area (Å²) in [6.45, 7) is 0.889. The normalized spacial score (nSPS) is 19.1. The van der Waals surface area contributed by atoms with Gasteiger partial charge in [-0.15, -0.1) is 0 Å². The van der Waals surface area contributed by atoms with Crippen LogP contribution in [0.4, 0.5) is 11.4 Å². The average molecular weight is 399 g/mol. The van der Waals surface area contributed by atoms with Crippen molar-refractivity contribution in [1.82, 2.24) is 4.90 Å². The Bertz CT molecular complexity index is 898. The van der Waals surface area contributed by atoms with Gasteiger partial charge in [-0.25, -0.2) is 0 Å². The lowest BCUT2D eigenvalue weighted by molar-refractivity contribution is -0.385. The number of carbonyl (C=O) groups excluding carboxylic acids is 1. The molecule has 0 unspecified atom stereocenters. The van der Waals surface area contributed by atoms with E-state index in [1.165, 1.54) is 11.0 Å². The molecule has 3 rings (SSSR count). The van der Waals surface area contributed by atoms with Gasteiger partial charge in [0.25, 0.3) is 11.6 Å². The molecule has 2 atom stereocenters. The molecule has 29 heavy (non-hydrogen) atoms. The predicted octanol–water partition coefficient (Wildman–Crippen LogP) is 2.20. The summed E-state index contributed by atoms with van der Waals surface area (Å²) < 4.78 is 5.18. The third-order valence-electron chi connectivity index (χ3n) is 5.25. The first kappa shape index (κ1) is 20.8. The Balaban J connectivity index is 2.10. The summed E-state index contributed by atoms with van der Waals surface area (Å²) in [5, 5.41) is 22.6. The number of aliphatic hydroxyl groups excluding tert-OH is 1. The summed E-state index contributed by atoms with van der Waals surface area (Å²) in [4.78, 5) is 27.8. The van der Waals surface area contributed by atoms with E-state index in [0.29, 0.717) is 30.1 Å². The Morgan fingerprint density at radius 1 is 1.24 bits per heavy atom. The highest BCUT2D eigenvalue weighted by Crippen LogP contribution is 2.39. The van der Waals surface area contributed by atoms with Gasteiger partial charge in [0.2, 0.25) is 0 Å². The van der Waals surface area contributed by atoms with Crippen molar-refractivity contribution in [1.29, 1.82) is 0 Å². The van der Waals surface area contributed by atoms with Gasteiger partial charge in [0.05, 0.1) is 23.3 Å². The summed E-state index contributed by atoms with van der Waals surface area (Å²) in [6.07, 6.45) is -1.12. The molecule has 8 heteroatoms. The van der Waals surface area contributed by atoms with Gasteiger partial charge in [0.15, 0.2) is 0 Å². The van der Waals surface area contributed by atoms with Crippen LogP contribution >= 0.6 is 0 Å². The number of nitrogens with zero attached hydrogens (tertiary/aromatic N) is 3. The van der Waals surface area contributed by atoms with Gasteiger partial charge in [-0.2, -0.15) is 0 Å². The number of hydrogen-bond donors (Lipinski definition) is 1. The van der Waals surface area contributed by atoms with E-state index < -0.39 is 22.9 Å². The molecule has 0 spiro atoms. The second-order valence-corrected chi connectivity index (χ2v) is 7.35. The van der Waals surface area contributed by atoms with E-state index >= 15 is 0 Å². The molecular formula is C21H25N3O5. The Morgan fingerprint density at radius 2 is 1.93 bits per heavy atom. The number of nitro benzene ring substituents is 1. The maximum atomic E-state index is 13.2. The standard InChI is InChI=1S/C21H25N3O5/c1-22(2)11-12-23-18-5-4-6-19(24(27)28)17(18)13-16(20(25)21(23)26)14-7-9-15(29-3)10-8-14/h4-10,16,20,25H,11-13H2,1-3H3/t16-,20+/m0/s1. The Morgan fingerprint density at radius 3 is 2.52 bits per heavy atom. The molecule has 0 aliphatic carbocycles. The lowest BCUT2D eigenvalue weighted by atomic mass is 9.87. The monoisotopic (exact) mass is 399 g/mol. The first-order valence-corrected chi connectivity index (χ1v) is 9.38. The molecule has 0 aromatic heterocycles.